The highest BCUT2D eigenvalue weighted by molar-refractivity contribution is 4.76. The van der Waals surface area contributed by atoms with Crippen LogP contribution in [0.15, 0.2) is 0 Å². The van der Waals surface area contributed by atoms with E-state index in [9.17, 15) is 0 Å². The predicted octanol–water partition coefficient (Wildman–Crippen LogP) is 1.79. The van der Waals surface area contributed by atoms with E-state index in [-0.39, 0.29) is 0 Å². The fourth-order valence-electron chi connectivity index (χ4n) is 3.24. The molecule has 0 spiro atoms. The van der Waals surface area contributed by atoms with Gasteiger partial charge in [-0.15, -0.1) is 0 Å². The second-order valence-corrected chi connectivity index (χ2v) is 6.42. The van der Waals surface area contributed by atoms with Gasteiger partial charge in [0.2, 0.25) is 0 Å². The first-order valence-corrected chi connectivity index (χ1v) is 7.84. The third kappa shape index (κ3) is 4.87. The van der Waals surface area contributed by atoms with Gasteiger partial charge in [-0.2, -0.15) is 0 Å². The first kappa shape index (κ1) is 14.3. The highest BCUT2D eigenvalue weighted by Gasteiger charge is 2.18. The van der Waals surface area contributed by atoms with Crippen molar-refractivity contribution >= 4 is 0 Å². The third-order valence-corrected chi connectivity index (χ3v) is 4.78. The smallest absolute Gasteiger partial charge is 0.00797 e. The maximum Gasteiger partial charge on any atom is 0.00797 e. The molecule has 0 aromatic rings. The molecule has 2 saturated heterocycles. The Balaban J connectivity index is 1.52. The van der Waals surface area contributed by atoms with Crippen LogP contribution >= 0.6 is 0 Å². The molecule has 2 heterocycles. The quantitative estimate of drug-likeness (QED) is 0.778. The van der Waals surface area contributed by atoms with E-state index >= 15 is 0 Å². The largest absolute Gasteiger partial charge is 0.314 e. The van der Waals surface area contributed by atoms with Crippen LogP contribution < -0.4 is 5.32 Å². The number of piperidine rings is 1. The van der Waals surface area contributed by atoms with Gasteiger partial charge in [-0.1, -0.05) is 0 Å². The average molecular weight is 253 g/mol. The molecule has 2 fully saturated rings. The first-order valence-electron chi connectivity index (χ1n) is 7.84. The number of nitrogens with one attached hydrogen (secondary N) is 1. The standard InChI is InChI=1S/C15H31N3/c1-17-10-5-14(6-11-17)7-12-18(2)13-8-15-4-3-9-16-15/h14-16H,3-13H2,1-2H3. The summed E-state index contributed by atoms with van der Waals surface area (Å²) in [6, 6.07) is 0.802. The molecule has 2 aliphatic heterocycles. The summed E-state index contributed by atoms with van der Waals surface area (Å²) in [5.74, 6) is 0.980. The van der Waals surface area contributed by atoms with Gasteiger partial charge in [0.1, 0.15) is 0 Å². The Morgan fingerprint density at radius 2 is 1.83 bits per heavy atom. The Hall–Kier alpha value is -0.120. The van der Waals surface area contributed by atoms with Crippen molar-refractivity contribution in [3.8, 4) is 0 Å². The van der Waals surface area contributed by atoms with E-state index in [4.69, 9.17) is 0 Å². The Morgan fingerprint density at radius 3 is 2.50 bits per heavy atom. The van der Waals surface area contributed by atoms with Crippen molar-refractivity contribution in [2.24, 2.45) is 5.92 Å². The molecule has 106 valence electrons. The van der Waals surface area contributed by atoms with Crippen LogP contribution in [0.4, 0.5) is 0 Å². The minimum Gasteiger partial charge on any atom is -0.314 e. The van der Waals surface area contributed by atoms with E-state index in [1.807, 2.05) is 0 Å². The number of nitrogens with zero attached hydrogens (tertiary/aromatic N) is 2. The van der Waals surface area contributed by atoms with Crippen molar-refractivity contribution in [2.45, 2.75) is 44.6 Å². The summed E-state index contributed by atoms with van der Waals surface area (Å²) in [5, 5.41) is 3.59. The van der Waals surface area contributed by atoms with Crippen LogP contribution in [0, 0.1) is 5.92 Å². The first-order chi connectivity index (χ1) is 8.74. The maximum atomic E-state index is 3.59. The summed E-state index contributed by atoms with van der Waals surface area (Å²) in [6.45, 7) is 6.41. The fraction of sp³-hybridized carbons (Fsp3) is 1.00. The van der Waals surface area contributed by atoms with Crippen LogP contribution in [0.2, 0.25) is 0 Å². The molecule has 0 aliphatic carbocycles. The van der Waals surface area contributed by atoms with Gasteiger partial charge in [0.25, 0.3) is 0 Å². The van der Waals surface area contributed by atoms with Crippen LogP contribution in [0.3, 0.4) is 0 Å². The van der Waals surface area contributed by atoms with Crippen molar-refractivity contribution in [3.05, 3.63) is 0 Å². The third-order valence-electron chi connectivity index (χ3n) is 4.78. The molecule has 1 atom stereocenters. The van der Waals surface area contributed by atoms with Gasteiger partial charge >= 0.3 is 0 Å². The van der Waals surface area contributed by atoms with Crippen LogP contribution in [0.5, 0.6) is 0 Å². The molecule has 3 nitrogen and oxygen atoms in total. The molecule has 2 rings (SSSR count). The SMILES string of the molecule is CN1CCC(CCN(C)CCC2CCCN2)CC1. The number of rotatable bonds is 6. The lowest BCUT2D eigenvalue weighted by Crippen LogP contribution is -2.33. The van der Waals surface area contributed by atoms with Crippen LogP contribution in [0.1, 0.15) is 38.5 Å². The Labute approximate surface area is 113 Å². The Bertz CT molecular complexity index is 218. The Morgan fingerprint density at radius 1 is 1.11 bits per heavy atom. The van der Waals surface area contributed by atoms with Crippen LogP contribution in [-0.2, 0) is 0 Å². The summed E-state index contributed by atoms with van der Waals surface area (Å²) in [7, 11) is 4.54. The van der Waals surface area contributed by atoms with E-state index in [0.717, 1.165) is 12.0 Å². The molecule has 0 aromatic heterocycles. The van der Waals surface area contributed by atoms with E-state index in [1.165, 1.54) is 71.2 Å². The fourth-order valence-corrected chi connectivity index (χ4v) is 3.24. The number of hydrogen-bond donors (Lipinski definition) is 1. The van der Waals surface area contributed by atoms with E-state index in [0.29, 0.717) is 0 Å². The zero-order valence-corrected chi connectivity index (χ0v) is 12.3. The van der Waals surface area contributed by atoms with Crippen molar-refractivity contribution in [1.82, 2.24) is 15.1 Å². The number of hydrogen-bond acceptors (Lipinski definition) is 3. The predicted molar refractivity (Wildman–Crippen MR) is 78.0 cm³/mol. The van der Waals surface area contributed by atoms with Gasteiger partial charge in [-0.25, -0.2) is 0 Å². The summed E-state index contributed by atoms with van der Waals surface area (Å²) >= 11 is 0. The van der Waals surface area contributed by atoms with Crippen molar-refractivity contribution < 1.29 is 0 Å². The maximum absolute atomic E-state index is 3.59. The summed E-state index contributed by atoms with van der Waals surface area (Å²) < 4.78 is 0. The summed E-state index contributed by atoms with van der Waals surface area (Å²) in [6.07, 6.45) is 8.34. The molecule has 0 saturated carbocycles. The summed E-state index contributed by atoms with van der Waals surface area (Å²) in [4.78, 5) is 5.00. The highest BCUT2D eigenvalue weighted by atomic mass is 15.1. The van der Waals surface area contributed by atoms with E-state index < -0.39 is 0 Å². The van der Waals surface area contributed by atoms with Crippen molar-refractivity contribution in [2.75, 3.05) is 46.8 Å². The summed E-state index contributed by atoms with van der Waals surface area (Å²) in [5.41, 5.74) is 0. The molecule has 2 aliphatic rings. The zero-order valence-electron chi connectivity index (χ0n) is 12.3. The molecule has 1 unspecified atom stereocenters. The molecule has 18 heavy (non-hydrogen) atoms. The molecular weight excluding hydrogens is 222 g/mol. The van der Waals surface area contributed by atoms with Crippen molar-refractivity contribution in [3.63, 3.8) is 0 Å². The zero-order chi connectivity index (χ0) is 12.8. The van der Waals surface area contributed by atoms with Gasteiger partial charge in [-0.05, 0) is 91.3 Å². The van der Waals surface area contributed by atoms with E-state index in [2.05, 4.69) is 29.2 Å². The van der Waals surface area contributed by atoms with Crippen LogP contribution in [-0.4, -0.2) is 62.7 Å². The monoisotopic (exact) mass is 253 g/mol. The molecule has 1 N–H and O–H groups in total. The van der Waals surface area contributed by atoms with Gasteiger partial charge in [0, 0.05) is 6.04 Å². The minimum absolute atomic E-state index is 0.802. The Kier molecular flexibility index (Phi) is 5.93. The average Bonchev–Trinajstić information content (AvgIpc) is 2.89. The molecule has 0 bridgehead atoms. The molecule has 0 aromatic carbocycles. The lowest BCUT2D eigenvalue weighted by Gasteiger charge is -2.30. The van der Waals surface area contributed by atoms with Gasteiger partial charge in [-0.3, -0.25) is 0 Å². The molecule has 3 heteroatoms. The molecule has 0 amide bonds. The lowest BCUT2D eigenvalue weighted by atomic mass is 9.93. The molecule has 0 radical (unpaired) electrons. The normalized spacial score (nSPS) is 27.2. The van der Waals surface area contributed by atoms with Gasteiger partial charge in [0.15, 0.2) is 0 Å². The second-order valence-electron chi connectivity index (χ2n) is 6.42. The molecular formula is C15H31N3. The highest BCUT2D eigenvalue weighted by Crippen LogP contribution is 2.19. The topological polar surface area (TPSA) is 18.5 Å². The van der Waals surface area contributed by atoms with Crippen molar-refractivity contribution in [1.29, 1.82) is 0 Å². The van der Waals surface area contributed by atoms with Crippen LogP contribution in [0.25, 0.3) is 0 Å². The second kappa shape index (κ2) is 7.46. The minimum atomic E-state index is 0.802. The van der Waals surface area contributed by atoms with Gasteiger partial charge < -0.3 is 15.1 Å². The lowest BCUT2D eigenvalue weighted by molar-refractivity contribution is 0.194. The van der Waals surface area contributed by atoms with E-state index in [1.54, 1.807) is 0 Å². The van der Waals surface area contributed by atoms with Gasteiger partial charge in [0.05, 0.1) is 0 Å². The number of likely N-dealkylation sites (tertiary alicyclic amines) is 1.